The first kappa shape index (κ1) is 19.4. The van der Waals surface area contributed by atoms with Crippen LogP contribution in [0.3, 0.4) is 0 Å². The molecule has 3 aromatic rings. The standard InChI is InChI=1S/C22H19N3O5/c1-13-21(28)24(22(29)25(13)17-6-4-3-5-7-17)12-15-10-20(27)30-19-11-16(23-14(2)26)8-9-18(15)19/h3-11,13H,12H2,1-2H3,(H,23,26). The van der Waals surface area contributed by atoms with Gasteiger partial charge in [0.2, 0.25) is 5.91 Å². The first-order valence-corrected chi connectivity index (χ1v) is 9.39. The number of carbonyl (C=O) groups excluding carboxylic acids is 3. The molecule has 4 amide bonds. The Morgan fingerprint density at radius 2 is 1.80 bits per heavy atom. The Kier molecular flexibility index (Phi) is 4.83. The van der Waals surface area contributed by atoms with Crippen molar-refractivity contribution < 1.29 is 18.8 Å². The van der Waals surface area contributed by atoms with Gasteiger partial charge in [-0.25, -0.2) is 9.59 Å². The molecule has 1 aliphatic heterocycles. The summed E-state index contributed by atoms with van der Waals surface area (Å²) < 4.78 is 5.25. The van der Waals surface area contributed by atoms with Crippen LogP contribution in [0.4, 0.5) is 16.2 Å². The van der Waals surface area contributed by atoms with Crippen molar-refractivity contribution in [2.45, 2.75) is 26.4 Å². The van der Waals surface area contributed by atoms with Crippen LogP contribution in [0.1, 0.15) is 19.4 Å². The first-order valence-electron chi connectivity index (χ1n) is 9.39. The van der Waals surface area contributed by atoms with Crippen LogP contribution in [0.15, 0.2) is 63.8 Å². The summed E-state index contributed by atoms with van der Waals surface area (Å²) in [6.45, 7) is 2.98. The fourth-order valence-corrected chi connectivity index (χ4v) is 3.61. The van der Waals surface area contributed by atoms with Crippen molar-refractivity contribution in [2.24, 2.45) is 0 Å². The van der Waals surface area contributed by atoms with Gasteiger partial charge in [-0.1, -0.05) is 18.2 Å². The summed E-state index contributed by atoms with van der Waals surface area (Å²) in [5.74, 6) is -0.601. The topological polar surface area (TPSA) is 99.9 Å². The van der Waals surface area contributed by atoms with Crippen LogP contribution < -0.4 is 15.8 Å². The lowest BCUT2D eigenvalue weighted by Crippen LogP contribution is -2.33. The molecule has 2 heterocycles. The van der Waals surface area contributed by atoms with Crippen LogP contribution >= 0.6 is 0 Å². The van der Waals surface area contributed by atoms with Gasteiger partial charge in [-0.05, 0) is 36.8 Å². The van der Waals surface area contributed by atoms with E-state index in [1.807, 2.05) is 6.07 Å². The van der Waals surface area contributed by atoms with Gasteiger partial charge < -0.3 is 9.73 Å². The maximum Gasteiger partial charge on any atom is 0.336 e. The molecule has 152 valence electrons. The van der Waals surface area contributed by atoms with E-state index in [0.29, 0.717) is 22.3 Å². The lowest BCUT2D eigenvalue weighted by molar-refractivity contribution is -0.127. The van der Waals surface area contributed by atoms with Gasteiger partial charge in [0.25, 0.3) is 5.91 Å². The fourth-order valence-electron chi connectivity index (χ4n) is 3.61. The molecule has 1 fully saturated rings. The van der Waals surface area contributed by atoms with Crippen LogP contribution in [0.25, 0.3) is 11.0 Å². The maximum atomic E-state index is 13.0. The molecule has 4 rings (SSSR count). The van der Waals surface area contributed by atoms with Crippen LogP contribution in [0.5, 0.6) is 0 Å². The normalized spacial score (nSPS) is 16.4. The van der Waals surface area contributed by atoms with E-state index in [2.05, 4.69) is 5.32 Å². The number of urea groups is 1. The van der Waals surface area contributed by atoms with Crippen molar-refractivity contribution in [3.63, 3.8) is 0 Å². The fraction of sp³-hybridized carbons (Fsp3) is 0.182. The number of rotatable bonds is 4. The minimum absolute atomic E-state index is 0.0626. The molecule has 2 aromatic carbocycles. The summed E-state index contributed by atoms with van der Waals surface area (Å²) >= 11 is 0. The number of nitrogens with zero attached hydrogens (tertiary/aromatic N) is 2. The first-order chi connectivity index (χ1) is 14.3. The molecular weight excluding hydrogens is 386 g/mol. The van der Waals surface area contributed by atoms with E-state index >= 15 is 0 Å². The van der Waals surface area contributed by atoms with Gasteiger partial charge >= 0.3 is 11.7 Å². The summed E-state index contributed by atoms with van der Waals surface area (Å²) in [6, 6.07) is 14.0. The van der Waals surface area contributed by atoms with Gasteiger partial charge in [-0.2, -0.15) is 0 Å². The molecule has 0 saturated carbocycles. The highest BCUT2D eigenvalue weighted by Crippen LogP contribution is 2.28. The number of hydrogen-bond acceptors (Lipinski definition) is 5. The van der Waals surface area contributed by atoms with Gasteiger partial charge in [0.1, 0.15) is 11.6 Å². The minimum Gasteiger partial charge on any atom is -0.423 e. The van der Waals surface area contributed by atoms with Gasteiger partial charge in [0, 0.05) is 35.8 Å². The zero-order valence-electron chi connectivity index (χ0n) is 16.4. The molecule has 0 radical (unpaired) electrons. The van der Waals surface area contributed by atoms with E-state index in [1.54, 1.807) is 43.3 Å². The van der Waals surface area contributed by atoms with Crippen LogP contribution in [0.2, 0.25) is 0 Å². The van der Waals surface area contributed by atoms with Crippen molar-refractivity contribution in [3.05, 3.63) is 70.6 Å². The molecule has 30 heavy (non-hydrogen) atoms. The molecule has 8 heteroatoms. The van der Waals surface area contributed by atoms with E-state index in [0.717, 1.165) is 4.90 Å². The number of amides is 4. The van der Waals surface area contributed by atoms with Crippen molar-refractivity contribution in [3.8, 4) is 0 Å². The van der Waals surface area contributed by atoms with Gasteiger partial charge in [-0.3, -0.25) is 19.4 Å². The molecular formula is C22H19N3O5. The lowest BCUT2D eigenvalue weighted by Gasteiger charge is -2.19. The summed E-state index contributed by atoms with van der Waals surface area (Å²) in [6.07, 6.45) is 0. The number of imide groups is 1. The van der Waals surface area contributed by atoms with Crippen LogP contribution in [0, 0.1) is 0 Å². The highest BCUT2D eigenvalue weighted by Gasteiger charge is 2.43. The monoisotopic (exact) mass is 405 g/mol. The van der Waals surface area contributed by atoms with E-state index < -0.39 is 17.7 Å². The second kappa shape index (κ2) is 7.47. The highest BCUT2D eigenvalue weighted by atomic mass is 16.4. The zero-order valence-corrected chi connectivity index (χ0v) is 16.4. The van der Waals surface area contributed by atoms with E-state index in [-0.39, 0.29) is 23.9 Å². The van der Waals surface area contributed by atoms with Crippen molar-refractivity contribution in [2.75, 3.05) is 10.2 Å². The smallest absolute Gasteiger partial charge is 0.336 e. The van der Waals surface area contributed by atoms with E-state index in [1.165, 1.54) is 24.0 Å². The third-order valence-electron chi connectivity index (χ3n) is 4.96. The molecule has 1 unspecified atom stereocenters. The number of hydrogen-bond donors (Lipinski definition) is 1. The second-order valence-corrected chi connectivity index (χ2v) is 7.07. The summed E-state index contributed by atoms with van der Waals surface area (Å²) in [5, 5.41) is 3.21. The predicted octanol–water partition coefficient (Wildman–Crippen LogP) is 3.11. The van der Waals surface area contributed by atoms with Crippen molar-refractivity contribution >= 4 is 40.2 Å². The Hall–Kier alpha value is -3.94. The lowest BCUT2D eigenvalue weighted by atomic mass is 10.1. The molecule has 1 atom stereocenters. The Morgan fingerprint density at radius 3 is 2.50 bits per heavy atom. The molecule has 1 saturated heterocycles. The van der Waals surface area contributed by atoms with Crippen LogP contribution in [-0.2, 0) is 16.1 Å². The number of benzene rings is 2. The number of anilines is 2. The van der Waals surface area contributed by atoms with Gasteiger partial charge in [-0.15, -0.1) is 0 Å². The number of carbonyl (C=O) groups is 3. The third-order valence-corrected chi connectivity index (χ3v) is 4.96. The molecule has 0 bridgehead atoms. The summed E-state index contributed by atoms with van der Waals surface area (Å²) in [5.41, 5.74) is 1.25. The summed E-state index contributed by atoms with van der Waals surface area (Å²) in [7, 11) is 0. The zero-order chi connectivity index (χ0) is 21.4. The number of nitrogens with one attached hydrogen (secondary N) is 1. The largest absolute Gasteiger partial charge is 0.423 e. The molecule has 0 spiro atoms. The second-order valence-electron chi connectivity index (χ2n) is 7.07. The third kappa shape index (κ3) is 3.43. The quantitative estimate of drug-likeness (QED) is 0.531. The Morgan fingerprint density at radius 1 is 1.07 bits per heavy atom. The van der Waals surface area contributed by atoms with E-state index in [4.69, 9.17) is 4.42 Å². The molecule has 0 aliphatic carbocycles. The van der Waals surface area contributed by atoms with Crippen LogP contribution in [-0.4, -0.2) is 28.8 Å². The molecule has 1 aliphatic rings. The number of para-hydroxylation sites is 1. The summed E-state index contributed by atoms with van der Waals surface area (Å²) in [4.78, 5) is 51.7. The Labute approximate surface area is 171 Å². The Bertz CT molecular complexity index is 1220. The van der Waals surface area contributed by atoms with Crippen molar-refractivity contribution in [1.82, 2.24) is 4.90 Å². The average Bonchev–Trinajstić information content (AvgIpc) is 2.91. The highest BCUT2D eigenvalue weighted by molar-refractivity contribution is 6.14. The maximum absolute atomic E-state index is 13.0. The SMILES string of the molecule is CC(=O)Nc1ccc2c(CN3C(=O)C(C)N(c4ccccc4)C3=O)cc(=O)oc2c1. The average molecular weight is 405 g/mol. The molecule has 8 nitrogen and oxygen atoms in total. The van der Waals surface area contributed by atoms with Gasteiger partial charge in [0.15, 0.2) is 0 Å². The van der Waals surface area contributed by atoms with E-state index in [9.17, 15) is 19.2 Å². The Balaban J connectivity index is 1.70. The number of fused-ring (bicyclic) bond motifs is 1. The molecule has 1 N–H and O–H groups in total. The van der Waals surface area contributed by atoms with Crippen molar-refractivity contribution in [1.29, 1.82) is 0 Å². The van der Waals surface area contributed by atoms with Gasteiger partial charge in [0.05, 0.1) is 6.54 Å². The minimum atomic E-state index is -0.655. The predicted molar refractivity (Wildman–Crippen MR) is 111 cm³/mol. The molecule has 1 aromatic heterocycles.